The lowest BCUT2D eigenvalue weighted by atomic mass is 10.3. The van der Waals surface area contributed by atoms with E-state index in [4.69, 9.17) is 18.9 Å². The fourth-order valence-electron chi connectivity index (χ4n) is 2.32. The molecule has 12 nitrogen and oxygen atoms in total. The standard InChI is InChI=1S/C20H20N2O10/c1-13(31-17-7-3-15(4-8-17)21(25)26)19(23)29-11-12-30-20(24)14(2)32-18-9-5-16(6-10-18)22(27)28/h3-10,13-14H,11-12H2,1-2H3. The maximum Gasteiger partial charge on any atom is 0.347 e. The van der Waals surface area contributed by atoms with E-state index in [0.717, 1.165) is 0 Å². The molecule has 0 aliphatic heterocycles. The van der Waals surface area contributed by atoms with Gasteiger partial charge in [0.15, 0.2) is 12.2 Å². The molecule has 0 N–H and O–H groups in total. The Bertz CT molecular complexity index is 880. The Morgan fingerprint density at radius 1 is 0.719 bits per heavy atom. The molecule has 0 radical (unpaired) electrons. The van der Waals surface area contributed by atoms with Gasteiger partial charge in [0.25, 0.3) is 11.4 Å². The summed E-state index contributed by atoms with van der Waals surface area (Å²) in [6.45, 7) is 2.44. The number of hydrogen-bond donors (Lipinski definition) is 0. The van der Waals surface area contributed by atoms with E-state index in [1.54, 1.807) is 0 Å². The highest BCUT2D eigenvalue weighted by Gasteiger charge is 2.19. The zero-order valence-corrected chi connectivity index (χ0v) is 17.2. The molecule has 0 saturated heterocycles. The molecule has 0 heterocycles. The number of carbonyl (C=O) groups excluding carboxylic acids is 2. The zero-order chi connectivity index (χ0) is 23.7. The maximum absolute atomic E-state index is 11.9. The van der Waals surface area contributed by atoms with E-state index in [-0.39, 0.29) is 36.1 Å². The molecule has 0 aliphatic rings. The van der Waals surface area contributed by atoms with Crippen molar-refractivity contribution in [2.45, 2.75) is 26.1 Å². The van der Waals surface area contributed by atoms with Crippen LogP contribution >= 0.6 is 0 Å². The summed E-state index contributed by atoms with van der Waals surface area (Å²) in [7, 11) is 0. The number of nitro groups is 2. The number of carbonyl (C=O) groups is 2. The number of nitrogens with zero attached hydrogens (tertiary/aromatic N) is 2. The molecule has 0 bridgehead atoms. The fourth-order valence-corrected chi connectivity index (χ4v) is 2.32. The highest BCUT2D eigenvalue weighted by atomic mass is 16.6. The third kappa shape index (κ3) is 7.23. The number of rotatable bonds is 11. The Labute approximate surface area is 181 Å². The summed E-state index contributed by atoms with van der Waals surface area (Å²) in [4.78, 5) is 44.0. The van der Waals surface area contributed by atoms with Crippen molar-refractivity contribution in [3.63, 3.8) is 0 Å². The van der Waals surface area contributed by atoms with E-state index in [2.05, 4.69) is 0 Å². The van der Waals surface area contributed by atoms with Crippen LogP contribution in [0.1, 0.15) is 13.8 Å². The predicted octanol–water partition coefficient (Wildman–Crippen LogP) is 2.82. The van der Waals surface area contributed by atoms with Gasteiger partial charge in [-0.25, -0.2) is 9.59 Å². The van der Waals surface area contributed by atoms with Crippen molar-refractivity contribution in [1.29, 1.82) is 0 Å². The molecule has 2 aromatic carbocycles. The Hall–Kier alpha value is -4.22. The maximum atomic E-state index is 11.9. The molecule has 2 atom stereocenters. The number of non-ortho nitro benzene ring substituents is 2. The van der Waals surface area contributed by atoms with Crippen LogP contribution in [0.4, 0.5) is 11.4 Å². The second kappa shape index (κ2) is 11.2. The average molecular weight is 448 g/mol. The van der Waals surface area contributed by atoms with Crippen molar-refractivity contribution in [1.82, 2.24) is 0 Å². The molecule has 12 heteroatoms. The molecule has 2 rings (SSSR count). The number of hydrogen-bond acceptors (Lipinski definition) is 10. The first-order valence-electron chi connectivity index (χ1n) is 9.33. The summed E-state index contributed by atoms with van der Waals surface area (Å²) >= 11 is 0. The molecule has 2 aromatic rings. The first-order chi connectivity index (χ1) is 15.2. The normalized spacial score (nSPS) is 12.2. The van der Waals surface area contributed by atoms with Crippen molar-refractivity contribution in [2.75, 3.05) is 13.2 Å². The van der Waals surface area contributed by atoms with Crippen LogP contribution in [-0.2, 0) is 19.1 Å². The summed E-state index contributed by atoms with van der Waals surface area (Å²) < 4.78 is 20.6. The van der Waals surface area contributed by atoms with Crippen LogP contribution < -0.4 is 9.47 Å². The van der Waals surface area contributed by atoms with Crippen molar-refractivity contribution in [3.8, 4) is 11.5 Å². The van der Waals surface area contributed by atoms with E-state index >= 15 is 0 Å². The van der Waals surface area contributed by atoms with Crippen molar-refractivity contribution in [2.24, 2.45) is 0 Å². The van der Waals surface area contributed by atoms with Gasteiger partial charge in [0.1, 0.15) is 24.7 Å². The summed E-state index contributed by atoms with van der Waals surface area (Å²) in [5, 5.41) is 21.3. The lowest BCUT2D eigenvalue weighted by Gasteiger charge is -2.15. The lowest BCUT2D eigenvalue weighted by Crippen LogP contribution is -2.29. The number of ether oxygens (including phenoxy) is 4. The third-order valence-corrected chi connectivity index (χ3v) is 3.96. The molecule has 32 heavy (non-hydrogen) atoms. The third-order valence-electron chi connectivity index (χ3n) is 3.96. The predicted molar refractivity (Wildman–Crippen MR) is 108 cm³/mol. The van der Waals surface area contributed by atoms with Gasteiger partial charge in [-0.15, -0.1) is 0 Å². The second-order valence-corrected chi connectivity index (χ2v) is 6.36. The molecule has 0 spiro atoms. The van der Waals surface area contributed by atoms with E-state index in [9.17, 15) is 29.8 Å². The lowest BCUT2D eigenvalue weighted by molar-refractivity contribution is -0.385. The first-order valence-corrected chi connectivity index (χ1v) is 9.33. The van der Waals surface area contributed by atoms with Crippen molar-refractivity contribution < 1.29 is 38.4 Å². The molecule has 170 valence electrons. The molecular formula is C20H20N2O10. The van der Waals surface area contributed by atoms with Gasteiger partial charge in [0.2, 0.25) is 0 Å². The van der Waals surface area contributed by atoms with Gasteiger partial charge in [-0.3, -0.25) is 20.2 Å². The monoisotopic (exact) mass is 448 g/mol. The number of nitro benzene ring substituents is 2. The minimum atomic E-state index is -0.989. The highest BCUT2D eigenvalue weighted by molar-refractivity contribution is 5.75. The van der Waals surface area contributed by atoms with Gasteiger partial charge < -0.3 is 18.9 Å². The quantitative estimate of drug-likeness (QED) is 0.217. The van der Waals surface area contributed by atoms with E-state index in [0.29, 0.717) is 0 Å². The number of benzene rings is 2. The van der Waals surface area contributed by atoms with Crippen LogP contribution in [0.15, 0.2) is 48.5 Å². The van der Waals surface area contributed by atoms with Gasteiger partial charge in [-0.05, 0) is 38.1 Å². The van der Waals surface area contributed by atoms with E-state index < -0.39 is 34.0 Å². The molecular weight excluding hydrogens is 428 g/mol. The average Bonchev–Trinajstić information content (AvgIpc) is 2.77. The van der Waals surface area contributed by atoms with Crippen LogP contribution in [0.3, 0.4) is 0 Å². The molecule has 0 saturated carbocycles. The van der Waals surface area contributed by atoms with Crippen LogP contribution in [0.25, 0.3) is 0 Å². The van der Waals surface area contributed by atoms with Gasteiger partial charge in [-0.1, -0.05) is 0 Å². The fraction of sp³-hybridized carbons (Fsp3) is 0.300. The molecule has 0 amide bonds. The van der Waals surface area contributed by atoms with E-state index in [1.165, 1.54) is 62.4 Å². The highest BCUT2D eigenvalue weighted by Crippen LogP contribution is 2.19. The first kappa shape index (κ1) is 24.1. The van der Waals surface area contributed by atoms with Crippen molar-refractivity contribution >= 4 is 23.3 Å². The summed E-state index contributed by atoms with van der Waals surface area (Å²) in [5.74, 6) is -0.920. The smallest absolute Gasteiger partial charge is 0.347 e. The van der Waals surface area contributed by atoms with Gasteiger partial charge in [0, 0.05) is 24.3 Å². The topological polar surface area (TPSA) is 157 Å². The zero-order valence-electron chi connectivity index (χ0n) is 17.2. The summed E-state index contributed by atoms with van der Waals surface area (Å²) in [5.41, 5.74) is -0.220. The van der Waals surface area contributed by atoms with Crippen LogP contribution in [0.5, 0.6) is 11.5 Å². The van der Waals surface area contributed by atoms with Crippen LogP contribution in [-0.4, -0.2) is 47.2 Å². The largest absolute Gasteiger partial charge is 0.479 e. The minimum Gasteiger partial charge on any atom is -0.479 e. The Balaban J connectivity index is 1.69. The molecule has 0 fully saturated rings. The van der Waals surface area contributed by atoms with Gasteiger partial charge in [-0.2, -0.15) is 0 Å². The number of esters is 2. The molecule has 0 aromatic heterocycles. The molecule has 0 aliphatic carbocycles. The Morgan fingerprint density at radius 2 is 1.03 bits per heavy atom. The van der Waals surface area contributed by atoms with Gasteiger partial charge in [0.05, 0.1) is 9.85 Å². The van der Waals surface area contributed by atoms with Gasteiger partial charge >= 0.3 is 11.9 Å². The minimum absolute atomic E-state index is 0.110. The Kier molecular flexibility index (Phi) is 8.45. The summed E-state index contributed by atoms with van der Waals surface area (Å²) in [6, 6.07) is 10.4. The van der Waals surface area contributed by atoms with Crippen molar-refractivity contribution in [3.05, 3.63) is 68.8 Å². The molecule has 2 unspecified atom stereocenters. The van der Waals surface area contributed by atoms with Crippen LogP contribution in [0.2, 0.25) is 0 Å². The van der Waals surface area contributed by atoms with Crippen LogP contribution in [0, 0.1) is 20.2 Å². The van der Waals surface area contributed by atoms with E-state index in [1.807, 2.05) is 0 Å². The SMILES string of the molecule is CC(Oc1ccc([N+](=O)[O-])cc1)C(=O)OCCOC(=O)C(C)Oc1ccc([N+](=O)[O-])cc1. The summed E-state index contributed by atoms with van der Waals surface area (Å²) in [6.07, 6.45) is -1.98. The Morgan fingerprint density at radius 3 is 1.31 bits per heavy atom. The second-order valence-electron chi connectivity index (χ2n) is 6.36.